The van der Waals surface area contributed by atoms with Crippen LogP contribution in [0.2, 0.25) is 0 Å². The van der Waals surface area contributed by atoms with Crippen molar-refractivity contribution in [3.63, 3.8) is 0 Å². The van der Waals surface area contributed by atoms with Gasteiger partial charge in [0.25, 0.3) is 5.56 Å². The highest BCUT2D eigenvalue weighted by atomic mass is 16.2. The summed E-state index contributed by atoms with van der Waals surface area (Å²) in [6.45, 7) is 6.08. The number of amides is 1. The molecule has 0 saturated heterocycles. The molecule has 0 radical (unpaired) electrons. The summed E-state index contributed by atoms with van der Waals surface area (Å²) < 4.78 is 1.35. The van der Waals surface area contributed by atoms with Crippen molar-refractivity contribution in [1.29, 1.82) is 5.26 Å². The number of nitrogens with zero attached hydrogens (tertiary/aromatic N) is 2. The maximum Gasteiger partial charge on any atom is 0.269 e. The molecule has 1 aromatic heterocycles. The fourth-order valence-corrected chi connectivity index (χ4v) is 2.84. The van der Waals surface area contributed by atoms with Gasteiger partial charge in [-0.05, 0) is 43.4 Å². The lowest BCUT2D eigenvalue weighted by Gasteiger charge is -2.14. The number of benzene rings is 1. The Hall–Kier alpha value is -2.87. The van der Waals surface area contributed by atoms with Gasteiger partial charge in [-0.3, -0.25) is 9.59 Å². The summed E-state index contributed by atoms with van der Waals surface area (Å²) in [7, 11) is 0. The van der Waals surface area contributed by atoms with Gasteiger partial charge >= 0.3 is 0 Å². The van der Waals surface area contributed by atoms with Crippen LogP contribution in [0, 0.1) is 25.2 Å². The van der Waals surface area contributed by atoms with Gasteiger partial charge in [-0.15, -0.1) is 0 Å². The number of hydrogen-bond acceptors (Lipinski definition) is 3. The summed E-state index contributed by atoms with van der Waals surface area (Å²) in [6.07, 6.45) is 0.820. The van der Waals surface area contributed by atoms with Gasteiger partial charge in [0.05, 0.1) is 0 Å². The normalized spacial score (nSPS) is 11.6. The van der Waals surface area contributed by atoms with Gasteiger partial charge in [0.1, 0.15) is 18.2 Å². The van der Waals surface area contributed by atoms with Crippen LogP contribution in [0.3, 0.4) is 0 Å². The van der Waals surface area contributed by atoms with Crippen LogP contribution >= 0.6 is 0 Å². The molecule has 1 heterocycles. The standard InChI is InChI=1S/C20H23N3O2/c1-14(17-7-5-4-6-8-17)9-10-22-19(24)13-23-16(3)11-15(2)18(12-21)20(23)25/h4-8,11,14H,9-10,13H2,1-3H3,(H,22,24). The second-order valence-electron chi connectivity index (χ2n) is 6.30. The lowest BCUT2D eigenvalue weighted by molar-refractivity contribution is -0.121. The Morgan fingerprint density at radius 2 is 1.96 bits per heavy atom. The SMILES string of the molecule is Cc1cc(C)n(CC(=O)NCCC(C)c2ccccc2)c(=O)c1C#N. The van der Waals surface area contributed by atoms with Crippen LogP contribution in [0.1, 0.15) is 41.6 Å². The third kappa shape index (κ3) is 4.57. The van der Waals surface area contributed by atoms with Crippen LogP contribution in [0.5, 0.6) is 0 Å². The van der Waals surface area contributed by atoms with E-state index in [2.05, 4.69) is 24.4 Å². The van der Waals surface area contributed by atoms with Gasteiger partial charge in [-0.1, -0.05) is 37.3 Å². The summed E-state index contributed by atoms with van der Waals surface area (Å²) in [5.74, 6) is 0.119. The van der Waals surface area contributed by atoms with Crippen molar-refractivity contribution in [2.24, 2.45) is 0 Å². The van der Waals surface area contributed by atoms with Crippen LogP contribution in [0.15, 0.2) is 41.2 Å². The fourth-order valence-electron chi connectivity index (χ4n) is 2.84. The van der Waals surface area contributed by atoms with Crippen LogP contribution < -0.4 is 10.9 Å². The molecule has 1 N–H and O–H groups in total. The van der Waals surface area contributed by atoms with Crippen LogP contribution in [0.25, 0.3) is 0 Å². The highest BCUT2D eigenvalue weighted by Crippen LogP contribution is 2.17. The first-order valence-electron chi connectivity index (χ1n) is 8.36. The van der Waals surface area contributed by atoms with E-state index < -0.39 is 5.56 Å². The Balaban J connectivity index is 1.95. The molecule has 5 heteroatoms. The van der Waals surface area contributed by atoms with E-state index in [-0.39, 0.29) is 18.0 Å². The van der Waals surface area contributed by atoms with Crippen molar-refractivity contribution in [3.8, 4) is 6.07 Å². The fraction of sp³-hybridized carbons (Fsp3) is 0.350. The van der Waals surface area contributed by atoms with Crippen molar-refractivity contribution in [3.05, 3.63) is 69.1 Å². The summed E-state index contributed by atoms with van der Waals surface area (Å²) >= 11 is 0. The van der Waals surface area contributed by atoms with E-state index in [1.807, 2.05) is 24.3 Å². The minimum Gasteiger partial charge on any atom is -0.355 e. The van der Waals surface area contributed by atoms with Gasteiger partial charge in [0, 0.05) is 12.2 Å². The molecular weight excluding hydrogens is 314 g/mol. The van der Waals surface area contributed by atoms with Crippen molar-refractivity contribution in [2.75, 3.05) is 6.54 Å². The molecular formula is C20H23N3O2. The molecule has 0 bridgehead atoms. The molecule has 1 aromatic carbocycles. The minimum atomic E-state index is -0.409. The predicted molar refractivity (Wildman–Crippen MR) is 97.4 cm³/mol. The predicted octanol–water partition coefficient (Wildman–Crippen LogP) is 2.65. The first-order valence-corrected chi connectivity index (χ1v) is 8.36. The van der Waals surface area contributed by atoms with Crippen molar-refractivity contribution >= 4 is 5.91 Å². The number of hydrogen-bond donors (Lipinski definition) is 1. The first-order chi connectivity index (χ1) is 11.9. The third-order valence-corrected chi connectivity index (χ3v) is 4.39. The molecule has 0 saturated carbocycles. The zero-order chi connectivity index (χ0) is 18.4. The minimum absolute atomic E-state index is 0.0701. The third-order valence-electron chi connectivity index (χ3n) is 4.39. The van der Waals surface area contributed by atoms with Gasteiger partial charge < -0.3 is 9.88 Å². The molecule has 1 atom stereocenters. The van der Waals surface area contributed by atoms with Crippen molar-refractivity contribution < 1.29 is 4.79 Å². The highest BCUT2D eigenvalue weighted by Gasteiger charge is 2.13. The second-order valence-corrected chi connectivity index (χ2v) is 6.30. The van der Waals surface area contributed by atoms with E-state index in [0.717, 1.165) is 6.42 Å². The lowest BCUT2D eigenvalue weighted by atomic mass is 9.98. The Morgan fingerprint density at radius 1 is 1.28 bits per heavy atom. The molecule has 2 aromatic rings. The topological polar surface area (TPSA) is 74.9 Å². The number of aromatic nitrogens is 1. The molecule has 0 aliphatic carbocycles. The number of nitrogens with one attached hydrogen (secondary N) is 1. The molecule has 0 fully saturated rings. The number of carbonyl (C=O) groups excluding carboxylic acids is 1. The average molecular weight is 337 g/mol. The van der Waals surface area contributed by atoms with Crippen LogP contribution in [-0.4, -0.2) is 17.0 Å². The molecule has 25 heavy (non-hydrogen) atoms. The molecule has 1 amide bonds. The molecule has 1 unspecified atom stereocenters. The zero-order valence-electron chi connectivity index (χ0n) is 14.9. The van der Waals surface area contributed by atoms with E-state index in [0.29, 0.717) is 23.7 Å². The Kier molecular flexibility index (Phi) is 6.13. The molecule has 0 aliphatic heterocycles. The number of pyridine rings is 1. The maximum atomic E-state index is 12.3. The summed E-state index contributed by atoms with van der Waals surface area (Å²) in [4.78, 5) is 24.5. The number of rotatable bonds is 6. The first kappa shape index (κ1) is 18.5. The van der Waals surface area contributed by atoms with Gasteiger partial charge in [-0.25, -0.2) is 0 Å². The average Bonchev–Trinajstić information content (AvgIpc) is 2.59. The molecule has 2 rings (SSSR count). The molecule has 0 spiro atoms. The smallest absolute Gasteiger partial charge is 0.269 e. The second kappa shape index (κ2) is 8.29. The summed E-state index contributed by atoms with van der Waals surface area (Å²) in [5.41, 5.74) is 2.23. The van der Waals surface area contributed by atoms with Crippen LogP contribution in [0.4, 0.5) is 0 Å². The zero-order valence-corrected chi connectivity index (χ0v) is 14.9. The number of aryl methyl sites for hydroxylation is 2. The Bertz CT molecular complexity index is 848. The van der Waals surface area contributed by atoms with E-state index in [1.54, 1.807) is 19.9 Å². The largest absolute Gasteiger partial charge is 0.355 e. The molecule has 130 valence electrons. The van der Waals surface area contributed by atoms with E-state index in [4.69, 9.17) is 5.26 Å². The van der Waals surface area contributed by atoms with Gasteiger partial charge in [-0.2, -0.15) is 5.26 Å². The summed E-state index contributed by atoms with van der Waals surface area (Å²) in [5, 5.41) is 12.0. The van der Waals surface area contributed by atoms with E-state index in [9.17, 15) is 9.59 Å². The van der Waals surface area contributed by atoms with E-state index in [1.165, 1.54) is 10.1 Å². The van der Waals surface area contributed by atoms with Gasteiger partial charge in [0.2, 0.25) is 5.91 Å². The molecule has 5 nitrogen and oxygen atoms in total. The monoisotopic (exact) mass is 337 g/mol. The lowest BCUT2D eigenvalue weighted by Crippen LogP contribution is -2.35. The summed E-state index contributed by atoms with van der Waals surface area (Å²) in [6, 6.07) is 13.8. The molecule has 0 aliphatic rings. The number of carbonyl (C=O) groups is 1. The number of nitriles is 1. The maximum absolute atomic E-state index is 12.3. The van der Waals surface area contributed by atoms with Crippen molar-refractivity contribution in [1.82, 2.24) is 9.88 Å². The van der Waals surface area contributed by atoms with Crippen LogP contribution in [-0.2, 0) is 11.3 Å². The Labute approximate surface area is 147 Å². The highest BCUT2D eigenvalue weighted by molar-refractivity contribution is 5.75. The quantitative estimate of drug-likeness (QED) is 0.880. The van der Waals surface area contributed by atoms with Crippen molar-refractivity contribution in [2.45, 2.75) is 39.7 Å². The van der Waals surface area contributed by atoms with E-state index >= 15 is 0 Å². The Morgan fingerprint density at radius 3 is 2.60 bits per heavy atom. The van der Waals surface area contributed by atoms with Gasteiger partial charge in [0.15, 0.2) is 0 Å².